The van der Waals surface area contributed by atoms with Gasteiger partial charge in [0.1, 0.15) is 5.75 Å². The number of methoxy groups -OCH3 is 1. The molecule has 0 atom stereocenters. The molecule has 0 aliphatic carbocycles. The number of rotatable bonds is 5. The van der Waals surface area contributed by atoms with E-state index in [9.17, 15) is 4.79 Å². The quantitative estimate of drug-likeness (QED) is 0.626. The number of benzene rings is 1. The zero-order chi connectivity index (χ0) is 12.8. The number of oxime groups is 1. The van der Waals surface area contributed by atoms with Crippen LogP contribution in [0.25, 0.3) is 0 Å². The van der Waals surface area contributed by atoms with Crippen LogP contribution in [0.15, 0.2) is 23.4 Å². The third-order valence-electron chi connectivity index (χ3n) is 2.13. The van der Waals surface area contributed by atoms with E-state index >= 15 is 0 Å². The standard InChI is InChI=1S/C12H15NO4/c1-8-4-5-11(16-3)10(6-8)9(2)13-17-7-12(14)15/h4-6H,7H2,1-3H3,(H,14,15). The van der Waals surface area contributed by atoms with Crippen molar-refractivity contribution in [3.05, 3.63) is 29.3 Å². The van der Waals surface area contributed by atoms with Crippen LogP contribution in [0, 0.1) is 6.92 Å². The normalized spacial score (nSPS) is 11.1. The number of hydrogen-bond acceptors (Lipinski definition) is 4. The monoisotopic (exact) mass is 237 g/mol. The van der Waals surface area contributed by atoms with Crippen LogP contribution in [-0.4, -0.2) is 30.5 Å². The average Bonchev–Trinajstić information content (AvgIpc) is 2.28. The van der Waals surface area contributed by atoms with Crippen molar-refractivity contribution >= 4 is 11.7 Å². The molecule has 0 unspecified atom stereocenters. The number of aliphatic carboxylic acids is 1. The minimum atomic E-state index is -1.06. The summed E-state index contributed by atoms with van der Waals surface area (Å²) in [5.74, 6) is -0.381. The Labute approximate surface area is 99.7 Å². The number of carboxylic acids is 1. The molecule has 92 valence electrons. The van der Waals surface area contributed by atoms with Crippen molar-refractivity contribution in [2.45, 2.75) is 13.8 Å². The highest BCUT2D eigenvalue weighted by molar-refractivity contribution is 6.01. The van der Waals surface area contributed by atoms with Crippen LogP contribution in [0.3, 0.4) is 0 Å². The molecule has 1 N–H and O–H groups in total. The molecular weight excluding hydrogens is 222 g/mol. The molecule has 0 aromatic heterocycles. The Bertz CT molecular complexity index is 440. The summed E-state index contributed by atoms with van der Waals surface area (Å²) in [4.78, 5) is 15.0. The van der Waals surface area contributed by atoms with Gasteiger partial charge in [0.15, 0.2) is 0 Å². The summed E-state index contributed by atoms with van der Waals surface area (Å²) in [5.41, 5.74) is 2.43. The highest BCUT2D eigenvalue weighted by atomic mass is 16.6. The van der Waals surface area contributed by atoms with Crippen molar-refractivity contribution in [3.63, 3.8) is 0 Å². The van der Waals surface area contributed by atoms with Crippen LogP contribution in [0.5, 0.6) is 5.75 Å². The molecule has 0 heterocycles. The van der Waals surface area contributed by atoms with Gasteiger partial charge in [0, 0.05) is 5.56 Å². The van der Waals surface area contributed by atoms with Crippen LogP contribution < -0.4 is 4.74 Å². The van der Waals surface area contributed by atoms with Gasteiger partial charge in [0.05, 0.1) is 12.8 Å². The number of hydrogen-bond donors (Lipinski definition) is 1. The Morgan fingerprint density at radius 1 is 1.47 bits per heavy atom. The number of aryl methyl sites for hydroxylation is 1. The minimum Gasteiger partial charge on any atom is -0.496 e. The maximum Gasteiger partial charge on any atom is 0.344 e. The topological polar surface area (TPSA) is 68.1 Å². The predicted octanol–water partition coefficient (Wildman–Crippen LogP) is 1.83. The van der Waals surface area contributed by atoms with Crippen molar-refractivity contribution in [1.82, 2.24) is 0 Å². The van der Waals surface area contributed by atoms with Crippen LogP contribution in [-0.2, 0) is 9.63 Å². The number of carbonyl (C=O) groups is 1. The first-order chi connectivity index (χ1) is 8.04. The third kappa shape index (κ3) is 3.79. The molecule has 0 bridgehead atoms. The van der Waals surface area contributed by atoms with E-state index < -0.39 is 12.6 Å². The summed E-state index contributed by atoms with van der Waals surface area (Å²) in [6, 6.07) is 5.66. The van der Waals surface area contributed by atoms with E-state index in [1.807, 2.05) is 25.1 Å². The second kappa shape index (κ2) is 5.89. The molecule has 0 amide bonds. The first-order valence-corrected chi connectivity index (χ1v) is 5.08. The van der Waals surface area contributed by atoms with Gasteiger partial charge in [-0.25, -0.2) is 4.79 Å². The van der Waals surface area contributed by atoms with Gasteiger partial charge in [-0.3, -0.25) is 0 Å². The fraction of sp³-hybridized carbons (Fsp3) is 0.333. The Morgan fingerprint density at radius 3 is 2.76 bits per heavy atom. The van der Waals surface area contributed by atoms with Crippen LogP contribution in [0.1, 0.15) is 18.1 Å². The maximum absolute atomic E-state index is 10.3. The van der Waals surface area contributed by atoms with Crippen molar-refractivity contribution in [2.24, 2.45) is 5.16 Å². The maximum atomic E-state index is 10.3. The third-order valence-corrected chi connectivity index (χ3v) is 2.13. The molecule has 0 spiro atoms. The number of nitrogens with zero attached hydrogens (tertiary/aromatic N) is 1. The smallest absolute Gasteiger partial charge is 0.344 e. The summed E-state index contributed by atoms with van der Waals surface area (Å²) in [7, 11) is 1.57. The first-order valence-electron chi connectivity index (χ1n) is 5.08. The predicted molar refractivity (Wildman–Crippen MR) is 63.5 cm³/mol. The molecule has 0 fully saturated rings. The van der Waals surface area contributed by atoms with Gasteiger partial charge in [-0.15, -0.1) is 0 Å². The highest BCUT2D eigenvalue weighted by Crippen LogP contribution is 2.20. The molecule has 0 aliphatic rings. The summed E-state index contributed by atoms with van der Waals surface area (Å²) < 4.78 is 5.20. The highest BCUT2D eigenvalue weighted by Gasteiger charge is 2.07. The van der Waals surface area contributed by atoms with E-state index in [0.717, 1.165) is 11.1 Å². The lowest BCUT2D eigenvalue weighted by Crippen LogP contribution is -2.06. The van der Waals surface area contributed by atoms with Crippen LogP contribution in [0.4, 0.5) is 0 Å². The van der Waals surface area contributed by atoms with Crippen LogP contribution in [0.2, 0.25) is 0 Å². The Balaban J connectivity index is 2.90. The number of carboxylic acid groups (broad SMARTS) is 1. The molecule has 1 rings (SSSR count). The minimum absolute atomic E-state index is 0.453. The molecule has 5 heteroatoms. The van der Waals surface area contributed by atoms with E-state index in [1.165, 1.54) is 0 Å². The zero-order valence-electron chi connectivity index (χ0n) is 10.1. The Kier molecular flexibility index (Phi) is 4.51. The van der Waals surface area contributed by atoms with E-state index in [0.29, 0.717) is 11.5 Å². The van der Waals surface area contributed by atoms with E-state index in [1.54, 1.807) is 14.0 Å². The Morgan fingerprint density at radius 2 is 2.18 bits per heavy atom. The molecule has 1 aromatic rings. The molecule has 17 heavy (non-hydrogen) atoms. The van der Waals surface area contributed by atoms with Crippen molar-refractivity contribution in [1.29, 1.82) is 0 Å². The lowest BCUT2D eigenvalue weighted by atomic mass is 10.1. The molecular formula is C12H15NO4. The summed E-state index contributed by atoms with van der Waals surface area (Å²) in [6.07, 6.45) is 0. The van der Waals surface area contributed by atoms with Crippen molar-refractivity contribution < 1.29 is 19.5 Å². The largest absolute Gasteiger partial charge is 0.496 e. The molecule has 0 saturated heterocycles. The summed E-state index contributed by atoms with van der Waals surface area (Å²) in [5, 5.41) is 12.2. The van der Waals surface area contributed by atoms with Gasteiger partial charge in [-0.2, -0.15) is 0 Å². The van der Waals surface area contributed by atoms with Gasteiger partial charge < -0.3 is 14.7 Å². The zero-order valence-corrected chi connectivity index (χ0v) is 10.1. The molecule has 5 nitrogen and oxygen atoms in total. The molecule has 0 saturated carbocycles. The van der Waals surface area contributed by atoms with Gasteiger partial charge in [0.25, 0.3) is 0 Å². The summed E-state index contributed by atoms with van der Waals surface area (Å²) >= 11 is 0. The fourth-order valence-electron chi connectivity index (χ4n) is 1.34. The second-order valence-corrected chi connectivity index (χ2v) is 3.55. The van der Waals surface area contributed by atoms with Crippen LogP contribution >= 0.6 is 0 Å². The van der Waals surface area contributed by atoms with Gasteiger partial charge in [-0.1, -0.05) is 16.8 Å². The SMILES string of the molecule is COc1ccc(C)cc1C(C)=NOCC(=O)O. The fourth-order valence-corrected chi connectivity index (χ4v) is 1.34. The van der Waals surface area contributed by atoms with E-state index in [4.69, 9.17) is 9.84 Å². The van der Waals surface area contributed by atoms with Gasteiger partial charge in [0.2, 0.25) is 6.61 Å². The summed E-state index contributed by atoms with van der Waals surface area (Å²) in [6.45, 7) is 3.24. The number of ether oxygens (including phenoxy) is 1. The lowest BCUT2D eigenvalue weighted by molar-refractivity contribution is -0.142. The Hall–Kier alpha value is -2.04. The molecule has 0 aliphatic heterocycles. The molecule has 0 radical (unpaired) electrons. The van der Waals surface area contributed by atoms with E-state index in [-0.39, 0.29) is 0 Å². The van der Waals surface area contributed by atoms with Crippen molar-refractivity contribution in [3.8, 4) is 5.75 Å². The lowest BCUT2D eigenvalue weighted by Gasteiger charge is -2.08. The molecule has 1 aromatic carbocycles. The van der Waals surface area contributed by atoms with Gasteiger partial charge in [-0.05, 0) is 26.0 Å². The second-order valence-electron chi connectivity index (χ2n) is 3.55. The first kappa shape index (κ1) is 13.0. The van der Waals surface area contributed by atoms with Gasteiger partial charge >= 0.3 is 5.97 Å². The van der Waals surface area contributed by atoms with Crippen molar-refractivity contribution in [2.75, 3.05) is 13.7 Å². The average molecular weight is 237 g/mol. The van der Waals surface area contributed by atoms with E-state index in [2.05, 4.69) is 9.99 Å².